The molecule has 2 heterocycles. The summed E-state index contributed by atoms with van der Waals surface area (Å²) in [4.78, 5) is 23.2. The molecule has 0 spiro atoms. The van der Waals surface area contributed by atoms with E-state index in [1.807, 2.05) is 30.5 Å². The molecule has 126 valence electrons. The highest BCUT2D eigenvalue weighted by molar-refractivity contribution is 8.26. The van der Waals surface area contributed by atoms with Gasteiger partial charge in [-0.1, -0.05) is 24.3 Å². The van der Waals surface area contributed by atoms with Crippen LogP contribution in [0, 0.1) is 5.82 Å². The normalized spacial score (nSPS) is 17.2. The molecule has 1 aromatic heterocycles. The first-order chi connectivity index (χ1) is 12.1. The van der Waals surface area contributed by atoms with E-state index in [9.17, 15) is 14.0 Å². The van der Waals surface area contributed by atoms with Crippen LogP contribution in [0.25, 0.3) is 10.9 Å². The minimum atomic E-state index is -0.469. The van der Waals surface area contributed by atoms with Crippen molar-refractivity contribution in [1.82, 2.24) is 9.88 Å². The maximum Gasteiger partial charge on any atom is 0.287 e. The average molecular weight is 354 g/mol. The molecule has 1 aliphatic rings. The largest absolute Gasteiger partial charge is 0.343 e. The van der Waals surface area contributed by atoms with Gasteiger partial charge in [0.25, 0.3) is 5.24 Å². The Morgan fingerprint density at radius 1 is 1.08 bits per heavy atom. The van der Waals surface area contributed by atoms with Gasteiger partial charge < -0.3 is 9.88 Å². The van der Waals surface area contributed by atoms with Gasteiger partial charge in [-0.15, -0.1) is 0 Å². The Hall–Kier alpha value is -2.60. The van der Waals surface area contributed by atoms with Gasteiger partial charge in [0.1, 0.15) is 11.9 Å². The molecule has 0 radical (unpaired) electrons. The van der Waals surface area contributed by atoms with Crippen LogP contribution in [0.3, 0.4) is 0 Å². The van der Waals surface area contributed by atoms with Gasteiger partial charge in [-0.25, -0.2) is 4.39 Å². The Labute approximate surface area is 148 Å². The fourth-order valence-corrected chi connectivity index (χ4v) is 3.81. The molecular formula is C19H15FN2O2S. The van der Waals surface area contributed by atoms with Gasteiger partial charge in [-0.2, -0.15) is 0 Å². The molecule has 0 aliphatic carbocycles. The molecule has 1 aliphatic heterocycles. The molecule has 1 fully saturated rings. The summed E-state index contributed by atoms with van der Waals surface area (Å²) >= 11 is 0.737. The number of fused-ring (bicyclic) bond motifs is 1. The summed E-state index contributed by atoms with van der Waals surface area (Å²) in [6, 6.07) is 14.0. The Morgan fingerprint density at radius 3 is 2.60 bits per heavy atom. The molecule has 1 unspecified atom stereocenters. The zero-order valence-corrected chi connectivity index (χ0v) is 14.1. The highest BCUT2D eigenvalue weighted by Gasteiger charge is 2.31. The Morgan fingerprint density at radius 2 is 1.88 bits per heavy atom. The average Bonchev–Trinajstić information content (AvgIpc) is 3.14. The van der Waals surface area contributed by atoms with Crippen molar-refractivity contribution in [3.8, 4) is 0 Å². The quantitative estimate of drug-likeness (QED) is 0.777. The molecule has 4 rings (SSSR count). The minimum Gasteiger partial charge on any atom is -0.343 e. The van der Waals surface area contributed by atoms with E-state index >= 15 is 0 Å². The number of rotatable bonds is 4. The van der Waals surface area contributed by atoms with E-state index < -0.39 is 6.04 Å². The van der Waals surface area contributed by atoms with Crippen LogP contribution >= 0.6 is 11.8 Å². The summed E-state index contributed by atoms with van der Waals surface area (Å²) in [6.07, 6.45) is 2.47. The minimum absolute atomic E-state index is 0.132. The van der Waals surface area contributed by atoms with Crippen LogP contribution < -0.4 is 5.32 Å². The molecule has 1 atom stereocenters. The topological polar surface area (TPSA) is 51.1 Å². The van der Waals surface area contributed by atoms with E-state index in [4.69, 9.17) is 0 Å². The summed E-state index contributed by atoms with van der Waals surface area (Å²) in [7, 11) is 0. The molecule has 25 heavy (non-hydrogen) atoms. The highest BCUT2D eigenvalue weighted by Crippen LogP contribution is 2.25. The van der Waals surface area contributed by atoms with Crippen molar-refractivity contribution in [3.63, 3.8) is 0 Å². The highest BCUT2D eigenvalue weighted by atomic mass is 32.2. The molecule has 3 aromatic rings. The first kappa shape index (κ1) is 15.9. The summed E-state index contributed by atoms with van der Waals surface area (Å²) in [5.74, 6) is -0.246. The number of carbonyl (C=O) groups is 2. The van der Waals surface area contributed by atoms with E-state index in [-0.39, 0.29) is 16.2 Å². The first-order valence-electron chi connectivity index (χ1n) is 7.93. The third-order valence-corrected chi connectivity index (χ3v) is 5.15. The Kier molecular flexibility index (Phi) is 4.05. The van der Waals surface area contributed by atoms with Gasteiger partial charge in [0.15, 0.2) is 0 Å². The number of nitrogens with zero attached hydrogens (tertiary/aromatic N) is 1. The van der Waals surface area contributed by atoms with Gasteiger partial charge in [0.2, 0.25) is 5.12 Å². The standard InChI is InChI=1S/C19H15FN2O2S/c20-14-6-4-12(5-7-14)11-22-9-8-15-13(2-1-3-17(15)22)10-16-18(23)25-19(24)21-16/h1-9,16H,10-11H2,(H,21,24). The fourth-order valence-electron chi connectivity index (χ4n) is 3.14. The van der Waals surface area contributed by atoms with Gasteiger partial charge in [0.05, 0.1) is 0 Å². The Balaban J connectivity index is 1.62. The van der Waals surface area contributed by atoms with E-state index in [1.54, 1.807) is 12.1 Å². The zero-order chi connectivity index (χ0) is 17.4. The van der Waals surface area contributed by atoms with Crippen LogP contribution in [0.2, 0.25) is 0 Å². The van der Waals surface area contributed by atoms with Crippen molar-refractivity contribution in [3.05, 3.63) is 71.7 Å². The summed E-state index contributed by atoms with van der Waals surface area (Å²) in [5.41, 5.74) is 3.08. The maximum absolute atomic E-state index is 13.1. The molecule has 1 saturated heterocycles. The van der Waals surface area contributed by atoms with Gasteiger partial charge in [0, 0.05) is 41.8 Å². The second-order valence-electron chi connectivity index (χ2n) is 6.03. The lowest BCUT2D eigenvalue weighted by Gasteiger charge is -2.10. The molecule has 0 bridgehead atoms. The van der Waals surface area contributed by atoms with Crippen LogP contribution in [0.1, 0.15) is 11.1 Å². The number of halogens is 1. The van der Waals surface area contributed by atoms with Crippen molar-refractivity contribution < 1.29 is 14.0 Å². The number of aromatic nitrogens is 1. The third-order valence-electron chi connectivity index (χ3n) is 4.36. The number of hydrogen-bond donors (Lipinski definition) is 1. The van der Waals surface area contributed by atoms with E-state index in [2.05, 4.69) is 9.88 Å². The number of nitrogens with one attached hydrogen (secondary N) is 1. The lowest BCUT2D eigenvalue weighted by molar-refractivity contribution is -0.112. The molecule has 6 heteroatoms. The predicted molar refractivity (Wildman–Crippen MR) is 96.1 cm³/mol. The summed E-state index contributed by atoms with van der Waals surface area (Å²) < 4.78 is 15.2. The second kappa shape index (κ2) is 6.37. The number of amides is 1. The molecule has 1 amide bonds. The number of hydrogen-bond acceptors (Lipinski definition) is 3. The van der Waals surface area contributed by atoms with E-state index in [1.165, 1.54) is 12.1 Å². The lowest BCUT2D eigenvalue weighted by atomic mass is 10.0. The second-order valence-corrected chi connectivity index (χ2v) is 7.01. The lowest BCUT2D eigenvalue weighted by Crippen LogP contribution is -2.30. The summed E-state index contributed by atoms with van der Waals surface area (Å²) in [6.45, 7) is 0.641. The van der Waals surface area contributed by atoms with Gasteiger partial charge in [-0.05, 0) is 35.4 Å². The Bertz CT molecular complexity index is 965. The van der Waals surface area contributed by atoms with Crippen LogP contribution in [0.15, 0.2) is 54.7 Å². The van der Waals surface area contributed by atoms with Gasteiger partial charge in [-0.3, -0.25) is 9.59 Å². The van der Waals surface area contributed by atoms with Crippen molar-refractivity contribution >= 4 is 33.0 Å². The summed E-state index contributed by atoms with van der Waals surface area (Å²) in [5, 5.41) is 3.35. The monoisotopic (exact) mass is 354 g/mol. The smallest absolute Gasteiger partial charge is 0.287 e. The maximum atomic E-state index is 13.1. The molecule has 4 nitrogen and oxygen atoms in total. The van der Waals surface area contributed by atoms with E-state index in [0.717, 1.165) is 33.8 Å². The molecule has 0 saturated carbocycles. The van der Waals surface area contributed by atoms with Crippen molar-refractivity contribution in [2.45, 2.75) is 19.0 Å². The van der Waals surface area contributed by atoms with Crippen molar-refractivity contribution in [1.29, 1.82) is 0 Å². The predicted octanol–water partition coefficient (Wildman–Crippen LogP) is 3.72. The molecule has 1 N–H and O–H groups in total. The fraction of sp³-hybridized carbons (Fsp3) is 0.158. The first-order valence-corrected chi connectivity index (χ1v) is 8.75. The van der Waals surface area contributed by atoms with Crippen molar-refractivity contribution in [2.75, 3.05) is 0 Å². The molecular weight excluding hydrogens is 339 g/mol. The SMILES string of the molecule is O=C1NC(Cc2cccc3c2ccn3Cc2ccc(F)cc2)C(=O)S1. The number of carbonyl (C=O) groups excluding carboxylic acids is 2. The van der Waals surface area contributed by atoms with Gasteiger partial charge >= 0.3 is 0 Å². The molecule has 2 aromatic carbocycles. The van der Waals surface area contributed by atoms with Crippen LogP contribution in [-0.4, -0.2) is 21.0 Å². The number of thioether (sulfide) groups is 1. The van der Waals surface area contributed by atoms with Crippen LogP contribution in [-0.2, 0) is 17.8 Å². The van der Waals surface area contributed by atoms with Crippen LogP contribution in [0.5, 0.6) is 0 Å². The zero-order valence-electron chi connectivity index (χ0n) is 13.2. The van der Waals surface area contributed by atoms with Crippen molar-refractivity contribution in [2.24, 2.45) is 0 Å². The number of benzene rings is 2. The third kappa shape index (κ3) is 3.17. The van der Waals surface area contributed by atoms with E-state index in [0.29, 0.717) is 13.0 Å². The van der Waals surface area contributed by atoms with Crippen LogP contribution in [0.4, 0.5) is 9.18 Å².